The summed E-state index contributed by atoms with van der Waals surface area (Å²) >= 11 is 0. The normalized spacial score (nSPS) is 8.97. The van der Waals surface area contributed by atoms with Gasteiger partial charge in [-0.15, -0.1) is 0 Å². The van der Waals surface area contributed by atoms with E-state index in [9.17, 15) is 9.59 Å². The Bertz CT molecular complexity index is 276. The maximum absolute atomic E-state index is 10.1. The van der Waals surface area contributed by atoms with Crippen LogP contribution in [-0.4, -0.2) is 46.1 Å². The van der Waals surface area contributed by atoms with E-state index in [4.69, 9.17) is 10.2 Å². The maximum atomic E-state index is 10.1. The quantitative estimate of drug-likeness (QED) is 0.148. The number of hydrogen-bond acceptors (Lipinski definition) is 2. The van der Waals surface area contributed by atoms with Gasteiger partial charge >= 0.3 is 11.9 Å². The number of carbonyl (C=O) groups is 2. The van der Waals surface area contributed by atoms with Gasteiger partial charge < -0.3 is 10.2 Å². The van der Waals surface area contributed by atoms with Crippen LogP contribution in [0.25, 0.3) is 0 Å². The molecule has 0 saturated carbocycles. The molecule has 0 saturated heterocycles. The molecule has 0 aliphatic rings. The van der Waals surface area contributed by atoms with Gasteiger partial charge in [-0.2, -0.15) is 0 Å². The Morgan fingerprint density at radius 3 is 0.839 bits per heavy atom. The third kappa shape index (κ3) is 72.7. The summed E-state index contributed by atoms with van der Waals surface area (Å²) < 4.78 is 0. The van der Waals surface area contributed by atoms with E-state index < -0.39 is 11.9 Å². The first-order chi connectivity index (χ1) is 14.4. The van der Waals surface area contributed by atoms with Crippen molar-refractivity contribution in [2.24, 2.45) is 0 Å². The van der Waals surface area contributed by atoms with E-state index in [-0.39, 0.29) is 23.9 Å². The van der Waals surface area contributed by atoms with Crippen LogP contribution < -0.4 is 0 Å². The molecule has 0 spiro atoms. The zero-order chi connectivity index (χ0) is 23.9. The molecule has 0 unspecified atom stereocenters. The van der Waals surface area contributed by atoms with Crippen molar-refractivity contribution in [3.63, 3.8) is 0 Å². The smallest absolute Gasteiger partial charge is 0.303 e. The fourth-order valence-corrected chi connectivity index (χ4v) is 2.11. The summed E-state index contributed by atoms with van der Waals surface area (Å²) in [7, 11) is 0. The predicted molar refractivity (Wildman–Crippen MR) is 138 cm³/mol. The molecule has 0 aliphatic heterocycles. The molecule has 0 aliphatic carbocycles. The number of unbranched alkanes of at least 4 members (excludes halogenated alkanes) is 12. The summed E-state index contributed by atoms with van der Waals surface area (Å²) in [6, 6.07) is 0. The van der Waals surface area contributed by atoms with E-state index in [2.05, 4.69) is 41.5 Å². The Morgan fingerprint density at radius 2 is 0.645 bits per heavy atom. The summed E-state index contributed by atoms with van der Waals surface area (Å²) in [6.07, 6.45) is 19.8. The SMILES string of the molecule is CCCC.CCCC.CCCCCCCCC(=O)O.CCCCCCCCC(=O)O.[Sn]. The summed E-state index contributed by atoms with van der Waals surface area (Å²) in [5.74, 6) is -1.33. The first-order valence-corrected chi connectivity index (χ1v) is 12.8. The van der Waals surface area contributed by atoms with E-state index in [1.54, 1.807) is 0 Å². The van der Waals surface area contributed by atoms with Gasteiger partial charge in [0, 0.05) is 36.7 Å². The Kier molecular flexibility index (Phi) is 57.7. The van der Waals surface area contributed by atoms with Gasteiger partial charge in [0.1, 0.15) is 0 Å². The van der Waals surface area contributed by atoms with E-state index in [1.807, 2.05) is 0 Å². The summed E-state index contributed by atoms with van der Waals surface area (Å²) in [5.41, 5.74) is 0. The van der Waals surface area contributed by atoms with Crippen molar-refractivity contribution in [2.75, 3.05) is 0 Å². The molecule has 0 bridgehead atoms. The molecule has 0 aromatic heterocycles. The van der Waals surface area contributed by atoms with Crippen LogP contribution >= 0.6 is 0 Å². The van der Waals surface area contributed by atoms with E-state index in [0.717, 1.165) is 25.7 Å². The molecule has 188 valence electrons. The monoisotopic (exact) mass is 552 g/mol. The molecule has 0 rings (SSSR count). The Morgan fingerprint density at radius 1 is 0.419 bits per heavy atom. The predicted octanol–water partition coefficient (Wildman–Crippen LogP) is 8.88. The molecule has 2 N–H and O–H groups in total. The topological polar surface area (TPSA) is 74.6 Å². The molecular weight excluding hydrogens is 495 g/mol. The molecule has 4 nitrogen and oxygen atoms in total. The average Bonchev–Trinajstić information content (AvgIpc) is 2.73. The third-order valence-corrected chi connectivity index (χ3v) is 4.49. The van der Waals surface area contributed by atoms with Gasteiger partial charge in [0.25, 0.3) is 0 Å². The van der Waals surface area contributed by atoms with Crippen LogP contribution in [0.2, 0.25) is 0 Å². The minimum atomic E-state index is -0.666. The summed E-state index contributed by atoms with van der Waals surface area (Å²) in [4.78, 5) is 20.2. The van der Waals surface area contributed by atoms with Gasteiger partial charge in [0.05, 0.1) is 0 Å². The van der Waals surface area contributed by atoms with Crippen LogP contribution in [0.1, 0.15) is 157 Å². The van der Waals surface area contributed by atoms with Gasteiger partial charge in [-0.25, -0.2) is 0 Å². The molecule has 31 heavy (non-hydrogen) atoms. The van der Waals surface area contributed by atoms with Crippen molar-refractivity contribution in [3.05, 3.63) is 0 Å². The molecule has 0 aromatic carbocycles. The summed E-state index contributed by atoms with van der Waals surface area (Å²) in [6.45, 7) is 13.1. The molecule has 0 heterocycles. The van der Waals surface area contributed by atoms with Gasteiger partial charge in [0.15, 0.2) is 0 Å². The molecule has 0 atom stereocenters. The van der Waals surface area contributed by atoms with Crippen LogP contribution in [0.4, 0.5) is 0 Å². The van der Waals surface area contributed by atoms with Gasteiger partial charge in [0.2, 0.25) is 0 Å². The molecule has 0 aromatic rings. The van der Waals surface area contributed by atoms with E-state index >= 15 is 0 Å². The maximum Gasteiger partial charge on any atom is 0.303 e. The minimum absolute atomic E-state index is 0. The third-order valence-electron chi connectivity index (χ3n) is 4.49. The number of aliphatic carboxylic acids is 2. The first-order valence-electron chi connectivity index (χ1n) is 12.8. The number of carboxylic acid groups (broad SMARTS) is 2. The average molecular weight is 551 g/mol. The van der Waals surface area contributed by atoms with Gasteiger partial charge in [-0.3, -0.25) is 9.59 Å². The van der Waals surface area contributed by atoms with Gasteiger partial charge in [-0.05, 0) is 12.8 Å². The first kappa shape index (κ1) is 41.0. The fraction of sp³-hybridized carbons (Fsp3) is 0.923. The number of hydrogen-bond donors (Lipinski definition) is 2. The van der Waals surface area contributed by atoms with Crippen molar-refractivity contribution >= 4 is 35.8 Å². The summed E-state index contributed by atoms with van der Waals surface area (Å²) in [5, 5.41) is 16.6. The van der Waals surface area contributed by atoms with Crippen LogP contribution in [0, 0.1) is 0 Å². The van der Waals surface area contributed by atoms with Crippen molar-refractivity contribution < 1.29 is 19.8 Å². The Hall–Kier alpha value is -0.261. The van der Waals surface area contributed by atoms with Crippen LogP contribution in [0.15, 0.2) is 0 Å². The van der Waals surface area contributed by atoms with Crippen molar-refractivity contribution in [2.45, 2.75) is 157 Å². The van der Waals surface area contributed by atoms with Crippen LogP contribution in [0.5, 0.6) is 0 Å². The number of rotatable bonds is 16. The van der Waals surface area contributed by atoms with Crippen molar-refractivity contribution in [3.8, 4) is 0 Å². The van der Waals surface area contributed by atoms with Crippen LogP contribution in [-0.2, 0) is 9.59 Å². The van der Waals surface area contributed by atoms with Crippen LogP contribution in [0.3, 0.4) is 0 Å². The molecule has 4 radical (unpaired) electrons. The van der Waals surface area contributed by atoms with E-state index in [0.29, 0.717) is 12.8 Å². The van der Waals surface area contributed by atoms with Crippen molar-refractivity contribution in [1.82, 2.24) is 0 Å². The second-order valence-electron chi connectivity index (χ2n) is 7.82. The zero-order valence-electron chi connectivity index (χ0n) is 21.9. The molecule has 5 heteroatoms. The second-order valence-corrected chi connectivity index (χ2v) is 7.82. The molecule has 0 fully saturated rings. The largest absolute Gasteiger partial charge is 0.481 e. The minimum Gasteiger partial charge on any atom is -0.481 e. The second kappa shape index (κ2) is 43.6. The Balaban J connectivity index is -0.000000106. The fourth-order valence-electron chi connectivity index (χ4n) is 2.11. The zero-order valence-corrected chi connectivity index (χ0v) is 24.8. The number of carboxylic acids is 2. The van der Waals surface area contributed by atoms with Crippen molar-refractivity contribution in [1.29, 1.82) is 0 Å². The standard InChI is InChI=1S/2C9H18O2.2C4H10.Sn/c2*1-2-3-4-5-6-7-8-9(10)11;2*1-3-4-2;/h2*2-8H2,1H3,(H,10,11);2*3-4H2,1-2H3;. The Labute approximate surface area is 212 Å². The van der Waals surface area contributed by atoms with E-state index in [1.165, 1.54) is 77.0 Å². The van der Waals surface area contributed by atoms with Gasteiger partial charge in [-0.1, -0.05) is 131 Å². The molecule has 0 amide bonds. The molecular formula is C26H56O4Sn.